The highest BCUT2D eigenvalue weighted by molar-refractivity contribution is 7.92. The van der Waals surface area contributed by atoms with Crippen LogP contribution in [0.5, 0.6) is 0 Å². The zero-order valence-corrected chi connectivity index (χ0v) is 16.3. The standard InChI is InChI=1S/C18H19ClN4O2S/c1-12-6-4-5-7-15(12)10-23-11-20-18(21-23)22-26(24,25)17-9-13(2)16(19)8-14(17)3/h4-9,11H,10H2,1-3H3,(H,21,22). The number of nitrogens with one attached hydrogen (secondary N) is 1. The molecule has 26 heavy (non-hydrogen) atoms. The van der Waals surface area contributed by atoms with Crippen LogP contribution in [0.1, 0.15) is 22.3 Å². The third-order valence-electron chi connectivity index (χ3n) is 4.10. The Balaban J connectivity index is 1.82. The first-order valence-electron chi connectivity index (χ1n) is 8.00. The van der Waals surface area contributed by atoms with Gasteiger partial charge in [0, 0.05) is 5.02 Å². The van der Waals surface area contributed by atoms with Gasteiger partial charge in [0.2, 0.25) is 0 Å². The van der Waals surface area contributed by atoms with Crippen molar-refractivity contribution in [3.05, 3.63) is 70.0 Å². The Bertz CT molecular complexity index is 1060. The number of aromatic nitrogens is 3. The van der Waals surface area contributed by atoms with E-state index in [1.165, 1.54) is 6.33 Å². The second-order valence-electron chi connectivity index (χ2n) is 6.16. The molecule has 3 rings (SSSR count). The van der Waals surface area contributed by atoms with Crippen LogP contribution in [0, 0.1) is 20.8 Å². The Morgan fingerprint density at radius 3 is 2.54 bits per heavy atom. The molecule has 1 aromatic heterocycles. The van der Waals surface area contributed by atoms with Gasteiger partial charge in [-0.1, -0.05) is 35.9 Å². The molecule has 0 bridgehead atoms. The second kappa shape index (κ2) is 7.09. The highest BCUT2D eigenvalue weighted by atomic mass is 35.5. The summed E-state index contributed by atoms with van der Waals surface area (Å²) in [5.41, 5.74) is 3.48. The molecule has 0 atom stereocenters. The Labute approximate surface area is 157 Å². The summed E-state index contributed by atoms with van der Waals surface area (Å²) in [4.78, 5) is 4.22. The zero-order valence-electron chi connectivity index (χ0n) is 14.7. The van der Waals surface area contributed by atoms with Crippen molar-refractivity contribution < 1.29 is 8.42 Å². The van der Waals surface area contributed by atoms with Crippen LogP contribution in [0.2, 0.25) is 5.02 Å². The quantitative estimate of drug-likeness (QED) is 0.720. The summed E-state index contributed by atoms with van der Waals surface area (Å²) in [5.74, 6) is 0.0330. The highest BCUT2D eigenvalue weighted by Gasteiger charge is 2.20. The van der Waals surface area contributed by atoms with Gasteiger partial charge in [0.1, 0.15) is 6.33 Å². The van der Waals surface area contributed by atoms with Crippen molar-refractivity contribution in [3.8, 4) is 0 Å². The fourth-order valence-corrected chi connectivity index (χ4v) is 4.08. The topological polar surface area (TPSA) is 76.9 Å². The molecule has 0 saturated carbocycles. The summed E-state index contributed by atoms with van der Waals surface area (Å²) in [7, 11) is -3.80. The molecule has 0 radical (unpaired) electrons. The van der Waals surface area contributed by atoms with Crippen LogP contribution in [-0.4, -0.2) is 23.2 Å². The van der Waals surface area contributed by atoms with Crippen LogP contribution < -0.4 is 4.72 Å². The molecular weight excluding hydrogens is 372 g/mol. The summed E-state index contributed by atoms with van der Waals surface area (Å²) < 4.78 is 29.4. The van der Waals surface area contributed by atoms with E-state index < -0.39 is 10.0 Å². The van der Waals surface area contributed by atoms with Crippen LogP contribution in [0.4, 0.5) is 5.95 Å². The Morgan fingerprint density at radius 1 is 1.08 bits per heavy atom. The monoisotopic (exact) mass is 390 g/mol. The molecule has 1 heterocycles. The maximum absolute atomic E-state index is 12.7. The summed E-state index contributed by atoms with van der Waals surface area (Å²) >= 11 is 6.05. The molecule has 1 N–H and O–H groups in total. The fourth-order valence-electron chi connectivity index (χ4n) is 2.60. The number of benzene rings is 2. The van der Waals surface area contributed by atoms with Crippen molar-refractivity contribution in [2.45, 2.75) is 32.2 Å². The molecule has 0 unspecified atom stereocenters. The van der Waals surface area contributed by atoms with Gasteiger partial charge in [-0.2, -0.15) is 4.98 Å². The number of nitrogens with zero attached hydrogens (tertiary/aromatic N) is 3. The summed E-state index contributed by atoms with van der Waals surface area (Å²) in [6.07, 6.45) is 1.50. The Kier molecular flexibility index (Phi) is 5.02. The van der Waals surface area contributed by atoms with Gasteiger partial charge in [-0.3, -0.25) is 0 Å². The van der Waals surface area contributed by atoms with E-state index in [0.717, 1.165) is 11.1 Å². The maximum Gasteiger partial charge on any atom is 0.264 e. The van der Waals surface area contributed by atoms with Crippen LogP contribution in [-0.2, 0) is 16.6 Å². The minimum Gasteiger partial charge on any atom is -0.246 e. The van der Waals surface area contributed by atoms with Crippen molar-refractivity contribution in [1.82, 2.24) is 14.8 Å². The van der Waals surface area contributed by atoms with Gasteiger partial charge in [-0.15, -0.1) is 5.10 Å². The lowest BCUT2D eigenvalue weighted by molar-refractivity contribution is 0.600. The minimum absolute atomic E-state index is 0.0330. The van der Waals surface area contributed by atoms with Gasteiger partial charge in [-0.05, 0) is 55.2 Å². The molecule has 0 amide bonds. The van der Waals surface area contributed by atoms with Crippen molar-refractivity contribution in [1.29, 1.82) is 0 Å². The number of rotatable bonds is 5. The van der Waals surface area contributed by atoms with E-state index in [4.69, 9.17) is 11.6 Å². The number of hydrogen-bond donors (Lipinski definition) is 1. The molecule has 0 aliphatic carbocycles. The van der Waals surface area contributed by atoms with E-state index in [0.29, 0.717) is 22.7 Å². The van der Waals surface area contributed by atoms with E-state index >= 15 is 0 Å². The molecule has 136 valence electrons. The van der Waals surface area contributed by atoms with Gasteiger partial charge in [0.15, 0.2) is 0 Å². The lowest BCUT2D eigenvalue weighted by Crippen LogP contribution is -2.16. The average Bonchev–Trinajstić information content (AvgIpc) is 2.99. The van der Waals surface area contributed by atoms with E-state index in [-0.39, 0.29) is 10.8 Å². The van der Waals surface area contributed by atoms with Crippen molar-refractivity contribution in [2.75, 3.05) is 4.72 Å². The first-order chi connectivity index (χ1) is 12.3. The van der Waals surface area contributed by atoms with Crippen LogP contribution >= 0.6 is 11.6 Å². The summed E-state index contributed by atoms with van der Waals surface area (Å²) in [6, 6.07) is 11.1. The van der Waals surface area contributed by atoms with E-state index in [9.17, 15) is 8.42 Å². The largest absolute Gasteiger partial charge is 0.264 e. The first-order valence-corrected chi connectivity index (χ1v) is 9.86. The smallest absolute Gasteiger partial charge is 0.246 e. The molecule has 2 aromatic carbocycles. The molecule has 0 saturated heterocycles. The number of sulfonamides is 1. The zero-order chi connectivity index (χ0) is 18.9. The van der Waals surface area contributed by atoms with Crippen LogP contribution in [0.3, 0.4) is 0 Å². The SMILES string of the molecule is Cc1cc(S(=O)(=O)Nc2ncn(Cc3ccccc3C)n2)c(C)cc1Cl. The Morgan fingerprint density at radius 2 is 1.81 bits per heavy atom. The predicted molar refractivity (Wildman–Crippen MR) is 102 cm³/mol. The summed E-state index contributed by atoms with van der Waals surface area (Å²) in [5, 5.41) is 4.75. The lowest BCUT2D eigenvalue weighted by atomic mass is 10.1. The number of aryl methyl sites for hydroxylation is 3. The van der Waals surface area contributed by atoms with Gasteiger partial charge >= 0.3 is 0 Å². The molecular formula is C18H19ClN4O2S. The molecule has 0 aliphatic rings. The second-order valence-corrected chi connectivity index (χ2v) is 8.22. The minimum atomic E-state index is -3.80. The summed E-state index contributed by atoms with van der Waals surface area (Å²) in [6.45, 7) is 5.99. The van der Waals surface area contributed by atoms with Gasteiger partial charge in [0.25, 0.3) is 16.0 Å². The van der Waals surface area contributed by atoms with E-state index in [1.807, 2.05) is 31.2 Å². The van der Waals surface area contributed by atoms with Crippen LogP contribution in [0.25, 0.3) is 0 Å². The fraction of sp³-hybridized carbons (Fsp3) is 0.222. The van der Waals surface area contributed by atoms with Gasteiger partial charge < -0.3 is 0 Å². The number of hydrogen-bond acceptors (Lipinski definition) is 4. The van der Waals surface area contributed by atoms with Crippen molar-refractivity contribution >= 4 is 27.6 Å². The molecule has 6 nitrogen and oxygen atoms in total. The molecule has 3 aromatic rings. The number of anilines is 1. The number of halogens is 1. The van der Waals surface area contributed by atoms with E-state index in [1.54, 1.807) is 30.7 Å². The normalized spacial score (nSPS) is 11.5. The third-order valence-corrected chi connectivity index (χ3v) is 5.98. The van der Waals surface area contributed by atoms with Gasteiger partial charge in [0.05, 0.1) is 11.4 Å². The third kappa shape index (κ3) is 3.89. The van der Waals surface area contributed by atoms with E-state index in [2.05, 4.69) is 14.8 Å². The van der Waals surface area contributed by atoms with Gasteiger partial charge in [-0.25, -0.2) is 17.8 Å². The molecule has 0 aliphatic heterocycles. The molecule has 8 heteroatoms. The van der Waals surface area contributed by atoms with Crippen molar-refractivity contribution in [2.24, 2.45) is 0 Å². The lowest BCUT2D eigenvalue weighted by Gasteiger charge is -2.10. The average molecular weight is 391 g/mol. The maximum atomic E-state index is 12.7. The van der Waals surface area contributed by atoms with Crippen molar-refractivity contribution in [3.63, 3.8) is 0 Å². The molecule has 0 spiro atoms. The molecule has 0 fully saturated rings. The Hall–Kier alpha value is -2.38. The highest BCUT2D eigenvalue weighted by Crippen LogP contribution is 2.25. The van der Waals surface area contributed by atoms with Crippen LogP contribution in [0.15, 0.2) is 47.6 Å². The predicted octanol–water partition coefficient (Wildman–Crippen LogP) is 3.71. The first kappa shape index (κ1) is 18.4.